The minimum Gasteiger partial charge on any atom is -0.484 e. The molecule has 1 aromatic heterocycles. The van der Waals surface area contributed by atoms with Crippen molar-refractivity contribution in [1.82, 2.24) is 4.98 Å². The van der Waals surface area contributed by atoms with Gasteiger partial charge in [0.15, 0.2) is 11.7 Å². The molecular weight excluding hydrogens is 368 g/mol. The number of hydrogen-bond acceptors (Lipinski definition) is 4. The van der Waals surface area contributed by atoms with Gasteiger partial charge in [-0.3, -0.25) is 10.1 Å². The van der Waals surface area contributed by atoms with Gasteiger partial charge in [-0.2, -0.15) is 0 Å². The molecule has 3 aromatic rings. The predicted octanol–water partition coefficient (Wildman–Crippen LogP) is 5.49. The number of amides is 1. The molecule has 146 valence electrons. The van der Waals surface area contributed by atoms with Crippen LogP contribution in [-0.2, 0) is 11.2 Å². The van der Waals surface area contributed by atoms with Gasteiger partial charge in [0.1, 0.15) is 5.75 Å². The summed E-state index contributed by atoms with van der Waals surface area (Å²) in [5.74, 6) is 1.02. The standard InChI is InChI=1S/C23H26N2O2S/c1-15(2)19-8-6-18(7-9-19)12-21-13-24-23(28-21)25-22(26)14-27-20-10-5-16(3)17(4)11-20/h5-11,13,15H,12,14H2,1-4H3,(H,24,25,26). The average Bonchev–Trinajstić information content (AvgIpc) is 3.10. The number of carbonyl (C=O) groups excluding carboxylic acids is 1. The Hall–Kier alpha value is -2.66. The van der Waals surface area contributed by atoms with Gasteiger partial charge in [-0.05, 0) is 54.2 Å². The van der Waals surface area contributed by atoms with Gasteiger partial charge < -0.3 is 4.74 Å². The molecular formula is C23H26N2O2S. The Morgan fingerprint density at radius 3 is 2.54 bits per heavy atom. The number of aromatic nitrogens is 1. The molecule has 1 heterocycles. The highest BCUT2D eigenvalue weighted by atomic mass is 32.1. The molecule has 0 fully saturated rings. The minimum absolute atomic E-state index is 0.0337. The van der Waals surface area contributed by atoms with Crippen molar-refractivity contribution in [2.45, 2.75) is 40.0 Å². The molecule has 0 aliphatic carbocycles. The van der Waals surface area contributed by atoms with E-state index in [9.17, 15) is 4.79 Å². The number of carbonyl (C=O) groups is 1. The molecule has 0 radical (unpaired) electrons. The first-order valence-corrected chi connectivity index (χ1v) is 10.3. The molecule has 0 saturated carbocycles. The van der Waals surface area contributed by atoms with Gasteiger partial charge in [-0.15, -0.1) is 11.3 Å². The summed E-state index contributed by atoms with van der Waals surface area (Å²) in [4.78, 5) is 17.6. The number of rotatable bonds is 7. The molecule has 5 heteroatoms. The van der Waals surface area contributed by atoms with Crippen LogP contribution in [0.15, 0.2) is 48.7 Å². The SMILES string of the molecule is Cc1ccc(OCC(=O)Nc2ncc(Cc3ccc(C(C)C)cc3)s2)cc1C. The topological polar surface area (TPSA) is 51.2 Å². The summed E-state index contributed by atoms with van der Waals surface area (Å²) in [6.45, 7) is 8.42. The van der Waals surface area contributed by atoms with E-state index in [2.05, 4.69) is 48.4 Å². The van der Waals surface area contributed by atoms with Crippen LogP contribution in [0.4, 0.5) is 5.13 Å². The molecule has 0 aliphatic rings. The smallest absolute Gasteiger partial charge is 0.264 e. The van der Waals surface area contributed by atoms with E-state index in [0.29, 0.717) is 16.8 Å². The Morgan fingerprint density at radius 1 is 1.11 bits per heavy atom. The number of nitrogens with one attached hydrogen (secondary N) is 1. The number of aryl methyl sites for hydroxylation is 2. The summed E-state index contributed by atoms with van der Waals surface area (Å²) in [5.41, 5.74) is 4.92. The van der Waals surface area contributed by atoms with Gasteiger partial charge in [-0.25, -0.2) is 4.98 Å². The van der Waals surface area contributed by atoms with Crippen molar-refractivity contribution in [1.29, 1.82) is 0 Å². The van der Waals surface area contributed by atoms with E-state index in [1.54, 1.807) is 0 Å². The van der Waals surface area contributed by atoms with Gasteiger partial charge in [-0.1, -0.05) is 44.2 Å². The summed E-state index contributed by atoms with van der Waals surface area (Å²) >= 11 is 1.49. The van der Waals surface area contributed by atoms with Gasteiger partial charge in [0.2, 0.25) is 0 Å². The van der Waals surface area contributed by atoms with Crippen LogP contribution in [0.3, 0.4) is 0 Å². The lowest BCUT2D eigenvalue weighted by Crippen LogP contribution is -2.20. The van der Waals surface area contributed by atoms with Gasteiger partial charge in [0.05, 0.1) is 0 Å². The molecule has 0 aliphatic heterocycles. The summed E-state index contributed by atoms with van der Waals surface area (Å²) in [7, 11) is 0. The van der Waals surface area contributed by atoms with Crippen molar-refractivity contribution >= 4 is 22.4 Å². The molecule has 0 saturated heterocycles. The van der Waals surface area contributed by atoms with Gasteiger partial charge >= 0.3 is 0 Å². The second-order valence-electron chi connectivity index (χ2n) is 7.29. The molecule has 1 amide bonds. The fourth-order valence-corrected chi connectivity index (χ4v) is 3.64. The van der Waals surface area contributed by atoms with E-state index >= 15 is 0 Å². The first kappa shape index (κ1) is 20.1. The van der Waals surface area contributed by atoms with Crippen molar-refractivity contribution < 1.29 is 9.53 Å². The maximum atomic E-state index is 12.1. The third-order valence-electron chi connectivity index (χ3n) is 4.67. The van der Waals surface area contributed by atoms with E-state index in [4.69, 9.17) is 4.74 Å². The number of ether oxygens (including phenoxy) is 1. The Kier molecular flexibility index (Phi) is 6.47. The molecule has 2 aromatic carbocycles. The lowest BCUT2D eigenvalue weighted by molar-refractivity contribution is -0.118. The van der Waals surface area contributed by atoms with Crippen molar-refractivity contribution in [3.63, 3.8) is 0 Å². The zero-order chi connectivity index (χ0) is 20.1. The van der Waals surface area contributed by atoms with Crippen LogP contribution < -0.4 is 10.1 Å². The Balaban J connectivity index is 1.52. The third kappa shape index (κ3) is 5.42. The number of hydrogen-bond donors (Lipinski definition) is 1. The number of anilines is 1. The maximum absolute atomic E-state index is 12.1. The zero-order valence-corrected chi connectivity index (χ0v) is 17.6. The number of thiazole rings is 1. The van der Waals surface area contributed by atoms with E-state index in [-0.39, 0.29) is 12.5 Å². The normalized spacial score (nSPS) is 10.9. The van der Waals surface area contributed by atoms with Crippen LogP contribution >= 0.6 is 11.3 Å². The molecule has 0 atom stereocenters. The van der Waals surface area contributed by atoms with Crippen LogP contribution in [-0.4, -0.2) is 17.5 Å². The maximum Gasteiger partial charge on any atom is 0.264 e. The van der Waals surface area contributed by atoms with Crippen LogP contribution in [0.25, 0.3) is 0 Å². The van der Waals surface area contributed by atoms with Crippen LogP contribution in [0, 0.1) is 13.8 Å². The first-order valence-electron chi connectivity index (χ1n) is 9.44. The zero-order valence-electron chi connectivity index (χ0n) is 16.8. The molecule has 0 unspecified atom stereocenters. The Bertz CT molecular complexity index is 945. The molecule has 0 spiro atoms. The van der Waals surface area contributed by atoms with E-state index in [1.807, 2.05) is 38.2 Å². The second kappa shape index (κ2) is 9.02. The Morgan fingerprint density at radius 2 is 1.86 bits per heavy atom. The van der Waals surface area contributed by atoms with Crippen LogP contribution in [0.2, 0.25) is 0 Å². The summed E-state index contributed by atoms with van der Waals surface area (Å²) in [5, 5.41) is 3.41. The average molecular weight is 395 g/mol. The molecule has 1 N–H and O–H groups in total. The van der Waals surface area contributed by atoms with E-state index in [0.717, 1.165) is 16.9 Å². The second-order valence-corrected chi connectivity index (χ2v) is 8.40. The predicted molar refractivity (Wildman–Crippen MR) is 115 cm³/mol. The quantitative estimate of drug-likeness (QED) is 0.576. The van der Waals surface area contributed by atoms with Crippen molar-refractivity contribution in [3.05, 3.63) is 75.8 Å². The van der Waals surface area contributed by atoms with Gasteiger partial charge in [0.25, 0.3) is 5.91 Å². The van der Waals surface area contributed by atoms with Crippen LogP contribution in [0.1, 0.15) is 46.9 Å². The highest BCUT2D eigenvalue weighted by Gasteiger charge is 2.09. The lowest BCUT2D eigenvalue weighted by atomic mass is 10.0. The summed E-state index contributed by atoms with van der Waals surface area (Å²) in [6, 6.07) is 14.5. The van der Waals surface area contributed by atoms with E-state index in [1.165, 1.54) is 28.0 Å². The highest BCUT2D eigenvalue weighted by Crippen LogP contribution is 2.23. The fourth-order valence-electron chi connectivity index (χ4n) is 2.78. The molecule has 0 bridgehead atoms. The summed E-state index contributed by atoms with van der Waals surface area (Å²) < 4.78 is 5.57. The van der Waals surface area contributed by atoms with E-state index < -0.39 is 0 Å². The molecule has 28 heavy (non-hydrogen) atoms. The number of benzene rings is 2. The monoisotopic (exact) mass is 394 g/mol. The Labute approximate surface area is 170 Å². The third-order valence-corrected chi connectivity index (χ3v) is 5.59. The van der Waals surface area contributed by atoms with Crippen LogP contribution in [0.5, 0.6) is 5.75 Å². The molecule has 4 nitrogen and oxygen atoms in total. The van der Waals surface area contributed by atoms with Crippen molar-refractivity contribution in [2.75, 3.05) is 11.9 Å². The molecule has 3 rings (SSSR count). The number of nitrogens with zero attached hydrogens (tertiary/aromatic N) is 1. The first-order chi connectivity index (χ1) is 13.4. The van der Waals surface area contributed by atoms with Crippen molar-refractivity contribution in [3.8, 4) is 5.75 Å². The van der Waals surface area contributed by atoms with Crippen molar-refractivity contribution in [2.24, 2.45) is 0 Å². The summed E-state index contributed by atoms with van der Waals surface area (Å²) in [6.07, 6.45) is 2.63. The fraction of sp³-hybridized carbons (Fsp3) is 0.304. The largest absolute Gasteiger partial charge is 0.484 e. The highest BCUT2D eigenvalue weighted by molar-refractivity contribution is 7.15. The lowest BCUT2D eigenvalue weighted by Gasteiger charge is -2.08. The minimum atomic E-state index is -0.208. The van der Waals surface area contributed by atoms with Gasteiger partial charge in [0, 0.05) is 17.5 Å².